The van der Waals surface area contributed by atoms with E-state index in [1.165, 1.54) is 26.2 Å². The maximum atomic E-state index is 12.2. The van der Waals surface area contributed by atoms with Crippen LogP contribution in [0.4, 0.5) is 0 Å². The van der Waals surface area contributed by atoms with Gasteiger partial charge in [0.05, 0.1) is 12.7 Å². The van der Waals surface area contributed by atoms with E-state index >= 15 is 0 Å². The zero-order valence-electron chi connectivity index (χ0n) is 13.6. The van der Waals surface area contributed by atoms with E-state index in [0.29, 0.717) is 16.7 Å². The number of methoxy groups -OCH3 is 1. The van der Waals surface area contributed by atoms with Crippen molar-refractivity contribution in [1.29, 1.82) is 0 Å². The third-order valence-electron chi connectivity index (χ3n) is 3.60. The molecule has 0 aliphatic heterocycles. The van der Waals surface area contributed by atoms with Gasteiger partial charge in [-0.25, -0.2) is 9.59 Å². The highest BCUT2D eigenvalue weighted by atomic mass is 16.5. The Labute approximate surface area is 142 Å². The van der Waals surface area contributed by atoms with Crippen molar-refractivity contribution in [3.63, 3.8) is 0 Å². The quantitative estimate of drug-likeness (QED) is 0.314. The Hall–Kier alpha value is -3.41. The number of Topliss-reactive ketones (excluding diaryl/α,β-unsaturated/α-hetero) is 1. The summed E-state index contributed by atoms with van der Waals surface area (Å²) in [5.41, 5.74) is -0.191. The highest BCUT2D eigenvalue weighted by molar-refractivity contribution is 5.97. The molecule has 0 aliphatic rings. The predicted molar refractivity (Wildman–Crippen MR) is 90.4 cm³/mol. The second-order valence-electron chi connectivity index (χ2n) is 5.32. The van der Waals surface area contributed by atoms with E-state index in [-0.39, 0.29) is 22.7 Å². The van der Waals surface area contributed by atoms with Gasteiger partial charge < -0.3 is 13.9 Å². The fourth-order valence-corrected chi connectivity index (χ4v) is 2.32. The van der Waals surface area contributed by atoms with Gasteiger partial charge in [0.1, 0.15) is 22.6 Å². The lowest BCUT2D eigenvalue weighted by atomic mass is 10.1. The number of benzene rings is 2. The molecule has 0 saturated carbocycles. The van der Waals surface area contributed by atoms with Crippen LogP contribution in [-0.4, -0.2) is 18.9 Å². The Kier molecular flexibility index (Phi) is 4.35. The third kappa shape index (κ3) is 3.42. The van der Waals surface area contributed by atoms with Gasteiger partial charge in [-0.15, -0.1) is 0 Å². The first-order valence-electron chi connectivity index (χ1n) is 7.43. The molecule has 0 amide bonds. The van der Waals surface area contributed by atoms with Gasteiger partial charge in [-0.3, -0.25) is 4.79 Å². The average Bonchev–Trinajstić information content (AvgIpc) is 2.60. The Bertz CT molecular complexity index is 1030. The normalized spacial score (nSPS) is 10.5. The molecule has 0 N–H and O–H groups in total. The van der Waals surface area contributed by atoms with Crippen molar-refractivity contribution < 1.29 is 23.5 Å². The fourth-order valence-electron chi connectivity index (χ4n) is 2.32. The maximum absolute atomic E-state index is 12.2. The fraction of sp³-hybridized carbons (Fsp3) is 0.105. The van der Waals surface area contributed by atoms with E-state index in [4.69, 9.17) is 13.9 Å². The molecular formula is C19H14O6. The second-order valence-corrected chi connectivity index (χ2v) is 5.32. The first kappa shape index (κ1) is 16.4. The number of ketones is 1. The van der Waals surface area contributed by atoms with Gasteiger partial charge in [-0.1, -0.05) is 6.07 Å². The van der Waals surface area contributed by atoms with E-state index < -0.39 is 11.6 Å². The molecule has 1 aromatic heterocycles. The van der Waals surface area contributed by atoms with Crippen LogP contribution in [0, 0.1) is 0 Å². The summed E-state index contributed by atoms with van der Waals surface area (Å²) in [5, 5.41) is 0.561. The monoisotopic (exact) mass is 338 g/mol. The molecule has 3 rings (SSSR count). The second kappa shape index (κ2) is 6.60. The Morgan fingerprint density at radius 1 is 1.00 bits per heavy atom. The van der Waals surface area contributed by atoms with Crippen LogP contribution in [0.25, 0.3) is 11.0 Å². The molecule has 3 aromatic rings. The number of carbonyl (C=O) groups excluding carboxylic acids is 2. The smallest absolute Gasteiger partial charge is 0.347 e. The topological polar surface area (TPSA) is 82.8 Å². The van der Waals surface area contributed by atoms with Crippen molar-refractivity contribution >= 4 is 22.7 Å². The Morgan fingerprint density at radius 2 is 1.80 bits per heavy atom. The molecule has 0 spiro atoms. The zero-order chi connectivity index (χ0) is 18.0. The summed E-state index contributed by atoms with van der Waals surface area (Å²) in [7, 11) is 1.51. The average molecular weight is 338 g/mol. The predicted octanol–water partition coefficient (Wildman–Crippen LogP) is 3.22. The Morgan fingerprint density at radius 3 is 2.52 bits per heavy atom. The molecule has 0 atom stereocenters. The first-order valence-corrected chi connectivity index (χ1v) is 7.43. The summed E-state index contributed by atoms with van der Waals surface area (Å²) in [4.78, 5) is 35.4. The minimum absolute atomic E-state index is 0.0198. The molecule has 6 heteroatoms. The standard InChI is InChI=1S/C19H14O6/c1-11(20)16-9-12-6-7-15(10-17(12)25-19(16)22)24-18(21)13-4-3-5-14(8-13)23-2/h3-10H,1-2H3. The van der Waals surface area contributed by atoms with Crippen LogP contribution >= 0.6 is 0 Å². The number of hydrogen-bond acceptors (Lipinski definition) is 6. The summed E-state index contributed by atoms with van der Waals surface area (Å²) in [6, 6.07) is 12.6. The molecule has 0 saturated heterocycles. The van der Waals surface area contributed by atoms with Crippen molar-refractivity contribution in [3.05, 3.63) is 70.1 Å². The lowest BCUT2D eigenvalue weighted by molar-refractivity contribution is 0.0734. The van der Waals surface area contributed by atoms with Crippen molar-refractivity contribution in [2.45, 2.75) is 6.92 Å². The molecule has 0 unspecified atom stereocenters. The summed E-state index contributed by atoms with van der Waals surface area (Å²) in [6.45, 7) is 1.29. The van der Waals surface area contributed by atoms with Crippen molar-refractivity contribution in [2.75, 3.05) is 7.11 Å². The molecule has 126 valence electrons. The molecule has 0 aliphatic carbocycles. The van der Waals surface area contributed by atoms with Gasteiger partial charge in [-0.05, 0) is 43.3 Å². The third-order valence-corrected chi connectivity index (χ3v) is 3.60. The van der Waals surface area contributed by atoms with Gasteiger partial charge in [0.25, 0.3) is 0 Å². The van der Waals surface area contributed by atoms with Gasteiger partial charge in [0.15, 0.2) is 5.78 Å². The summed E-state index contributed by atoms with van der Waals surface area (Å²) in [5.74, 6) is -0.181. The Balaban J connectivity index is 1.91. The van der Waals surface area contributed by atoms with Crippen LogP contribution in [0.1, 0.15) is 27.6 Å². The summed E-state index contributed by atoms with van der Waals surface area (Å²) < 4.78 is 15.5. The minimum atomic E-state index is -0.726. The van der Waals surface area contributed by atoms with Crippen LogP contribution in [0.2, 0.25) is 0 Å². The highest BCUT2D eigenvalue weighted by Crippen LogP contribution is 2.22. The number of rotatable bonds is 4. The van der Waals surface area contributed by atoms with Gasteiger partial charge in [0, 0.05) is 11.5 Å². The van der Waals surface area contributed by atoms with E-state index in [2.05, 4.69) is 0 Å². The SMILES string of the molecule is COc1cccc(C(=O)Oc2ccc3cc(C(C)=O)c(=O)oc3c2)c1. The molecule has 2 aromatic carbocycles. The van der Waals surface area contributed by atoms with Crippen LogP contribution in [0.3, 0.4) is 0 Å². The largest absolute Gasteiger partial charge is 0.497 e. The number of ether oxygens (including phenoxy) is 2. The van der Waals surface area contributed by atoms with Gasteiger partial charge >= 0.3 is 11.6 Å². The lowest BCUT2D eigenvalue weighted by Crippen LogP contribution is -2.11. The number of fused-ring (bicyclic) bond motifs is 1. The number of hydrogen-bond donors (Lipinski definition) is 0. The molecule has 0 bridgehead atoms. The summed E-state index contributed by atoms with van der Waals surface area (Å²) >= 11 is 0. The van der Waals surface area contributed by atoms with E-state index in [9.17, 15) is 14.4 Å². The molecule has 6 nitrogen and oxygen atoms in total. The maximum Gasteiger partial charge on any atom is 0.347 e. The first-order chi connectivity index (χ1) is 12.0. The molecular weight excluding hydrogens is 324 g/mol. The van der Waals surface area contributed by atoms with Crippen LogP contribution in [0.5, 0.6) is 11.5 Å². The van der Waals surface area contributed by atoms with Crippen molar-refractivity contribution in [2.24, 2.45) is 0 Å². The van der Waals surface area contributed by atoms with Gasteiger partial charge in [0.2, 0.25) is 0 Å². The highest BCUT2D eigenvalue weighted by Gasteiger charge is 2.13. The van der Waals surface area contributed by atoms with Crippen LogP contribution in [-0.2, 0) is 0 Å². The molecule has 0 radical (unpaired) electrons. The minimum Gasteiger partial charge on any atom is -0.497 e. The van der Waals surface area contributed by atoms with Crippen molar-refractivity contribution in [3.8, 4) is 11.5 Å². The van der Waals surface area contributed by atoms with E-state index in [1.807, 2.05) is 0 Å². The van der Waals surface area contributed by atoms with Crippen LogP contribution < -0.4 is 15.1 Å². The number of esters is 1. The van der Waals surface area contributed by atoms with E-state index in [1.54, 1.807) is 36.4 Å². The van der Waals surface area contributed by atoms with Gasteiger partial charge in [-0.2, -0.15) is 0 Å². The van der Waals surface area contributed by atoms with Crippen LogP contribution in [0.15, 0.2) is 57.7 Å². The summed E-state index contributed by atoms with van der Waals surface area (Å²) in [6.07, 6.45) is 0. The number of carbonyl (C=O) groups is 2. The molecule has 1 heterocycles. The molecule has 25 heavy (non-hydrogen) atoms. The zero-order valence-corrected chi connectivity index (χ0v) is 13.6. The van der Waals surface area contributed by atoms with Crippen molar-refractivity contribution in [1.82, 2.24) is 0 Å². The molecule has 0 fully saturated rings. The lowest BCUT2D eigenvalue weighted by Gasteiger charge is -2.07. The van der Waals surface area contributed by atoms with E-state index in [0.717, 1.165) is 0 Å².